The summed E-state index contributed by atoms with van der Waals surface area (Å²) < 4.78 is 7.70. The highest BCUT2D eigenvalue weighted by atomic mass is 16.5. The van der Waals surface area contributed by atoms with E-state index in [9.17, 15) is 0 Å². The Labute approximate surface area is 135 Å². The van der Waals surface area contributed by atoms with Gasteiger partial charge in [-0.05, 0) is 35.9 Å². The van der Waals surface area contributed by atoms with Gasteiger partial charge in [-0.3, -0.25) is 0 Å². The van der Waals surface area contributed by atoms with E-state index in [2.05, 4.69) is 71.3 Å². The molecule has 1 heterocycles. The predicted molar refractivity (Wildman–Crippen MR) is 95.3 cm³/mol. The molecule has 0 saturated heterocycles. The summed E-state index contributed by atoms with van der Waals surface area (Å²) in [7, 11) is 1.70. The normalized spacial score (nSPS) is 10.8. The van der Waals surface area contributed by atoms with E-state index in [0.29, 0.717) is 0 Å². The zero-order valence-corrected chi connectivity index (χ0v) is 12.9. The second-order valence-corrected chi connectivity index (χ2v) is 5.49. The molecule has 112 valence electrons. The molecule has 4 rings (SSSR count). The molecule has 0 spiro atoms. The molecule has 4 aromatic rings. The van der Waals surface area contributed by atoms with Gasteiger partial charge < -0.3 is 9.30 Å². The molecule has 0 amide bonds. The van der Waals surface area contributed by atoms with Gasteiger partial charge in [-0.2, -0.15) is 0 Å². The van der Waals surface area contributed by atoms with Crippen molar-refractivity contribution >= 4 is 10.9 Å². The molecule has 2 heteroatoms. The highest BCUT2D eigenvalue weighted by Crippen LogP contribution is 2.33. The standard InChI is InChI=1S/C21H17NO/c1-23-19-13-12-17-14-20(16-8-4-2-5-9-16)22(21(17)15-19)18-10-6-3-7-11-18/h2-15H,1H3. The van der Waals surface area contributed by atoms with Crippen molar-refractivity contribution in [2.75, 3.05) is 7.11 Å². The van der Waals surface area contributed by atoms with E-state index in [1.54, 1.807) is 7.11 Å². The molecule has 1 aromatic heterocycles. The first-order valence-electron chi connectivity index (χ1n) is 7.67. The number of hydrogen-bond acceptors (Lipinski definition) is 1. The van der Waals surface area contributed by atoms with E-state index in [-0.39, 0.29) is 0 Å². The van der Waals surface area contributed by atoms with Crippen LogP contribution in [0.25, 0.3) is 27.8 Å². The lowest BCUT2D eigenvalue weighted by molar-refractivity contribution is 0.415. The van der Waals surface area contributed by atoms with Crippen LogP contribution in [0.2, 0.25) is 0 Å². The summed E-state index contributed by atoms with van der Waals surface area (Å²) in [5.74, 6) is 0.868. The maximum Gasteiger partial charge on any atom is 0.120 e. The van der Waals surface area contributed by atoms with Crippen LogP contribution >= 0.6 is 0 Å². The number of hydrogen-bond donors (Lipinski definition) is 0. The molecule has 0 fully saturated rings. The number of nitrogens with zero attached hydrogens (tertiary/aromatic N) is 1. The number of rotatable bonds is 3. The van der Waals surface area contributed by atoms with E-state index in [0.717, 1.165) is 17.0 Å². The second kappa shape index (κ2) is 5.65. The van der Waals surface area contributed by atoms with Gasteiger partial charge in [0, 0.05) is 17.1 Å². The zero-order valence-electron chi connectivity index (χ0n) is 12.9. The number of fused-ring (bicyclic) bond motifs is 1. The third-order valence-electron chi connectivity index (χ3n) is 4.10. The Kier molecular flexibility index (Phi) is 3.35. The maximum atomic E-state index is 5.41. The molecule has 0 radical (unpaired) electrons. The molecule has 23 heavy (non-hydrogen) atoms. The summed E-state index contributed by atoms with van der Waals surface area (Å²) in [5.41, 5.74) is 4.68. The van der Waals surface area contributed by atoms with Crippen LogP contribution in [-0.2, 0) is 0 Å². The van der Waals surface area contributed by atoms with Gasteiger partial charge >= 0.3 is 0 Å². The summed E-state index contributed by atoms with van der Waals surface area (Å²) >= 11 is 0. The lowest BCUT2D eigenvalue weighted by Crippen LogP contribution is -1.96. The van der Waals surface area contributed by atoms with E-state index < -0.39 is 0 Å². The van der Waals surface area contributed by atoms with Crippen molar-refractivity contribution < 1.29 is 4.74 Å². The fraction of sp³-hybridized carbons (Fsp3) is 0.0476. The Balaban J connectivity index is 2.06. The first-order chi connectivity index (χ1) is 11.4. The van der Waals surface area contributed by atoms with Crippen LogP contribution < -0.4 is 4.74 Å². The topological polar surface area (TPSA) is 14.2 Å². The number of methoxy groups -OCH3 is 1. The summed E-state index contributed by atoms with van der Waals surface area (Å²) in [6.07, 6.45) is 0. The van der Waals surface area contributed by atoms with E-state index in [1.165, 1.54) is 16.6 Å². The summed E-state index contributed by atoms with van der Waals surface area (Å²) in [6.45, 7) is 0. The average molecular weight is 299 g/mol. The lowest BCUT2D eigenvalue weighted by atomic mass is 10.1. The fourth-order valence-corrected chi connectivity index (χ4v) is 2.98. The molecule has 0 aliphatic rings. The number of para-hydroxylation sites is 1. The van der Waals surface area contributed by atoms with Crippen LogP contribution in [0.15, 0.2) is 84.9 Å². The SMILES string of the molecule is COc1ccc2cc(-c3ccccc3)n(-c3ccccc3)c2c1. The first-order valence-corrected chi connectivity index (χ1v) is 7.67. The summed E-state index contributed by atoms with van der Waals surface area (Å²) in [5, 5.41) is 1.20. The van der Waals surface area contributed by atoms with Crippen LogP contribution in [-0.4, -0.2) is 11.7 Å². The quantitative estimate of drug-likeness (QED) is 0.500. The van der Waals surface area contributed by atoms with Gasteiger partial charge in [0.05, 0.1) is 18.3 Å². The van der Waals surface area contributed by atoms with E-state index >= 15 is 0 Å². The third-order valence-corrected chi connectivity index (χ3v) is 4.10. The third kappa shape index (κ3) is 2.38. The first kappa shape index (κ1) is 13.6. The van der Waals surface area contributed by atoms with Crippen LogP contribution in [0.4, 0.5) is 0 Å². The average Bonchev–Trinajstić information content (AvgIpc) is 3.01. The van der Waals surface area contributed by atoms with Gasteiger partial charge in [-0.15, -0.1) is 0 Å². The summed E-state index contributed by atoms with van der Waals surface area (Å²) in [4.78, 5) is 0. The van der Waals surface area contributed by atoms with Gasteiger partial charge in [-0.1, -0.05) is 48.5 Å². The largest absolute Gasteiger partial charge is 0.497 e. The molecule has 0 atom stereocenters. The van der Waals surface area contributed by atoms with Crippen molar-refractivity contribution in [3.63, 3.8) is 0 Å². The second-order valence-electron chi connectivity index (χ2n) is 5.49. The Morgan fingerprint density at radius 2 is 1.43 bits per heavy atom. The molecule has 3 aromatic carbocycles. The van der Waals surface area contributed by atoms with Crippen molar-refractivity contribution in [2.45, 2.75) is 0 Å². The summed E-state index contributed by atoms with van der Waals surface area (Å²) in [6, 6.07) is 29.4. The van der Waals surface area contributed by atoms with Gasteiger partial charge in [0.2, 0.25) is 0 Å². The van der Waals surface area contributed by atoms with Crippen molar-refractivity contribution in [1.82, 2.24) is 4.57 Å². The van der Waals surface area contributed by atoms with Gasteiger partial charge in [-0.25, -0.2) is 0 Å². The number of benzene rings is 3. The number of ether oxygens (including phenoxy) is 1. The van der Waals surface area contributed by atoms with Gasteiger partial charge in [0.15, 0.2) is 0 Å². The Bertz CT molecular complexity index is 940. The highest BCUT2D eigenvalue weighted by Gasteiger charge is 2.12. The highest BCUT2D eigenvalue weighted by molar-refractivity contribution is 5.90. The van der Waals surface area contributed by atoms with Crippen LogP contribution in [0.3, 0.4) is 0 Å². The van der Waals surface area contributed by atoms with E-state index in [4.69, 9.17) is 4.74 Å². The molecular weight excluding hydrogens is 282 g/mol. The van der Waals surface area contributed by atoms with Crippen LogP contribution in [0.1, 0.15) is 0 Å². The van der Waals surface area contributed by atoms with E-state index in [1.807, 2.05) is 18.2 Å². The van der Waals surface area contributed by atoms with Gasteiger partial charge in [0.25, 0.3) is 0 Å². The van der Waals surface area contributed by atoms with Crippen molar-refractivity contribution in [3.05, 3.63) is 84.9 Å². The monoisotopic (exact) mass is 299 g/mol. The zero-order chi connectivity index (χ0) is 15.6. The van der Waals surface area contributed by atoms with Crippen molar-refractivity contribution in [2.24, 2.45) is 0 Å². The fourth-order valence-electron chi connectivity index (χ4n) is 2.98. The molecule has 0 unspecified atom stereocenters. The Morgan fingerprint density at radius 3 is 2.13 bits per heavy atom. The maximum absolute atomic E-state index is 5.41. The molecule has 2 nitrogen and oxygen atoms in total. The molecule has 0 saturated carbocycles. The predicted octanol–water partition coefficient (Wildman–Crippen LogP) is 5.31. The lowest BCUT2D eigenvalue weighted by Gasteiger charge is -2.11. The molecule has 0 N–H and O–H groups in total. The minimum absolute atomic E-state index is 0.868. The number of aromatic nitrogens is 1. The Hall–Kier alpha value is -3.00. The van der Waals surface area contributed by atoms with Crippen LogP contribution in [0, 0.1) is 0 Å². The van der Waals surface area contributed by atoms with Gasteiger partial charge in [0.1, 0.15) is 5.75 Å². The van der Waals surface area contributed by atoms with Crippen LogP contribution in [0.5, 0.6) is 5.75 Å². The smallest absolute Gasteiger partial charge is 0.120 e. The van der Waals surface area contributed by atoms with Crippen molar-refractivity contribution in [3.8, 4) is 22.7 Å². The molecule has 0 aliphatic heterocycles. The van der Waals surface area contributed by atoms with Crippen molar-refractivity contribution in [1.29, 1.82) is 0 Å². The Morgan fingerprint density at radius 1 is 0.739 bits per heavy atom. The molecular formula is C21H17NO. The minimum atomic E-state index is 0.868. The molecule has 0 aliphatic carbocycles. The molecule has 0 bridgehead atoms. The minimum Gasteiger partial charge on any atom is -0.497 e.